The summed E-state index contributed by atoms with van der Waals surface area (Å²) in [7, 11) is 1.66. The average Bonchev–Trinajstić information content (AvgIpc) is 2.48. The van der Waals surface area contributed by atoms with Gasteiger partial charge in [0.15, 0.2) is 0 Å². The fraction of sp³-hybridized carbons (Fsp3) is 0.312. The van der Waals surface area contributed by atoms with E-state index in [2.05, 4.69) is 16.3 Å². The van der Waals surface area contributed by atoms with Crippen molar-refractivity contribution < 1.29 is 4.74 Å². The zero-order chi connectivity index (χ0) is 14.7. The summed E-state index contributed by atoms with van der Waals surface area (Å²) in [6.45, 7) is 6.01. The van der Waals surface area contributed by atoms with Crippen molar-refractivity contribution in [2.24, 2.45) is 0 Å². The Labute approximate surface area is 119 Å². The summed E-state index contributed by atoms with van der Waals surface area (Å²) in [4.78, 5) is 0. The first-order valence-corrected chi connectivity index (χ1v) is 6.42. The Kier molecular flexibility index (Phi) is 3.99. The molecule has 0 radical (unpaired) electrons. The lowest BCUT2D eigenvalue weighted by atomic mass is 9.87. The van der Waals surface area contributed by atoms with E-state index >= 15 is 0 Å². The Bertz CT molecular complexity index is 660. The first kappa shape index (κ1) is 14.0. The van der Waals surface area contributed by atoms with Crippen LogP contribution in [-0.4, -0.2) is 17.3 Å². The Hall–Kier alpha value is -2.41. The van der Waals surface area contributed by atoms with Crippen molar-refractivity contribution in [3.05, 3.63) is 52.3 Å². The molecule has 0 fully saturated rings. The molecule has 0 aliphatic rings. The SMILES string of the molecule is COc1cc(C)c(C(C#N)c2cccnn2)c(C)c1C. The highest BCUT2D eigenvalue weighted by Crippen LogP contribution is 2.34. The molecule has 0 amide bonds. The number of methoxy groups -OCH3 is 1. The van der Waals surface area contributed by atoms with Crippen molar-refractivity contribution in [1.82, 2.24) is 10.2 Å². The van der Waals surface area contributed by atoms with Gasteiger partial charge in [0, 0.05) is 6.20 Å². The molecule has 1 heterocycles. The van der Waals surface area contributed by atoms with Crippen molar-refractivity contribution >= 4 is 0 Å². The monoisotopic (exact) mass is 267 g/mol. The molecular formula is C16H17N3O. The molecule has 0 aliphatic heterocycles. The van der Waals surface area contributed by atoms with Crippen LogP contribution in [0.4, 0.5) is 0 Å². The second kappa shape index (κ2) is 5.70. The number of hydrogen-bond donors (Lipinski definition) is 0. The second-order valence-electron chi connectivity index (χ2n) is 4.77. The minimum Gasteiger partial charge on any atom is -0.496 e. The Balaban J connectivity index is 2.63. The molecule has 2 rings (SSSR count). The third kappa shape index (κ3) is 2.35. The topological polar surface area (TPSA) is 58.8 Å². The Morgan fingerprint density at radius 1 is 1.25 bits per heavy atom. The molecule has 2 aromatic rings. The number of aryl methyl sites for hydroxylation is 1. The predicted molar refractivity (Wildman–Crippen MR) is 76.7 cm³/mol. The van der Waals surface area contributed by atoms with E-state index in [4.69, 9.17) is 4.74 Å². The molecule has 0 bridgehead atoms. The highest BCUT2D eigenvalue weighted by atomic mass is 16.5. The summed E-state index contributed by atoms with van der Waals surface area (Å²) >= 11 is 0. The largest absolute Gasteiger partial charge is 0.496 e. The number of nitrogens with zero attached hydrogens (tertiary/aromatic N) is 3. The number of hydrogen-bond acceptors (Lipinski definition) is 4. The maximum absolute atomic E-state index is 9.55. The van der Waals surface area contributed by atoms with Crippen LogP contribution in [0.3, 0.4) is 0 Å². The molecule has 0 saturated heterocycles. The van der Waals surface area contributed by atoms with Gasteiger partial charge in [-0.25, -0.2) is 0 Å². The van der Waals surface area contributed by atoms with Crippen molar-refractivity contribution in [1.29, 1.82) is 5.26 Å². The minimum atomic E-state index is -0.409. The summed E-state index contributed by atoms with van der Waals surface area (Å²) in [5, 5.41) is 17.5. The highest BCUT2D eigenvalue weighted by Gasteiger charge is 2.22. The molecular weight excluding hydrogens is 250 g/mol. The van der Waals surface area contributed by atoms with Gasteiger partial charge in [-0.3, -0.25) is 0 Å². The van der Waals surface area contributed by atoms with E-state index in [1.807, 2.05) is 32.9 Å². The van der Waals surface area contributed by atoms with Crippen LogP contribution in [0, 0.1) is 32.1 Å². The zero-order valence-corrected chi connectivity index (χ0v) is 12.1. The van der Waals surface area contributed by atoms with Crippen molar-refractivity contribution in [3.63, 3.8) is 0 Å². The smallest absolute Gasteiger partial charge is 0.122 e. The van der Waals surface area contributed by atoms with Gasteiger partial charge in [-0.1, -0.05) is 0 Å². The van der Waals surface area contributed by atoms with E-state index in [9.17, 15) is 5.26 Å². The zero-order valence-electron chi connectivity index (χ0n) is 12.1. The maximum atomic E-state index is 9.55. The van der Waals surface area contributed by atoms with E-state index in [1.165, 1.54) is 0 Å². The van der Waals surface area contributed by atoms with Crippen LogP contribution in [0.15, 0.2) is 24.4 Å². The first-order valence-electron chi connectivity index (χ1n) is 6.42. The minimum absolute atomic E-state index is 0.409. The van der Waals surface area contributed by atoms with Crippen molar-refractivity contribution in [3.8, 4) is 11.8 Å². The van der Waals surface area contributed by atoms with Gasteiger partial charge in [0.1, 0.15) is 11.7 Å². The normalized spacial score (nSPS) is 11.8. The predicted octanol–water partition coefficient (Wildman–Crippen LogP) is 3.07. The van der Waals surface area contributed by atoms with Crippen LogP contribution in [-0.2, 0) is 0 Å². The molecule has 1 aromatic heterocycles. The second-order valence-corrected chi connectivity index (χ2v) is 4.77. The van der Waals surface area contributed by atoms with Crippen molar-refractivity contribution in [2.45, 2.75) is 26.7 Å². The number of benzene rings is 1. The third-order valence-electron chi connectivity index (χ3n) is 3.63. The summed E-state index contributed by atoms with van der Waals surface area (Å²) in [6, 6.07) is 7.94. The standard InChI is InChI=1S/C16H17N3O/c1-10-8-15(20-4)11(2)12(3)16(10)13(9-17)14-6-5-7-18-19-14/h5-8,13H,1-4H3. The molecule has 4 heteroatoms. The summed E-state index contributed by atoms with van der Waals surface area (Å²) < 4.78 is 5.37. The highest BCUT2D eigenvalue weighted by molar-refractivity contribution is 5.53. The van der Waals surface area contributed by atoms with Gasteiger partial charge < -0.3 is 4.74 Å². The molecule has 1 aromatic carbocycles. The van der Waals surface area contributed by atoms with Crippen LogP contribution < -0.4 is 4.74 Å². The number of ether oxygens (including phenoxy) is 1. The van der Waals surface area contributed by atoms with Crippen LogP contribution in [0.2, 0.25) is 0 Å². The lowest BCUT2D eigenvalue weighted by molar-refractivity contribution is 0.410. The van der Waals surface area contributed by atoms with E-state index in [0.29, 0.717) is 5.69 Å². The molecule has 0 aliphatic carbocycles. The van der Waals surface area contributed by atoms with E-state index < -0.39 is 5.92 Å². The Morgan fingerprint density at radius 3 is 2.55 bits per heavy atom. The molecule has 1 unspecified atom stereocenters. The van der Waals surface area contributed by atoms with Gasteiger partial charge >= 0.3 is 0 Å². The number of rotatable bonds is 3. The third-order valence-corrected chi connectivity index (χ3v) is 3.63. The van der Waals surface area contributed by atoms with E-state index in [-0.39, 0.29) is 0 Å². The molecule has 0 spiro atoms. The van der Waals surface area contributed by atoms with Crippen LogP contribution in [0.5, 0.6) is 5.75 Å². The van der Waals surface area contributed by atoms with Crippen LogP contribution >= 0.6 is 0 Å². The molecule has 0 N–H and O–H groups in total. The molecule has 1 atom stereocenters. The number of nitriles is 1. The fourth-order valence-corrected chi connectivity index (χ4v) is 2.47. The lowest BCUT2D eigenvalue weighted by Gasteiger charge is -2.19. The van der Waals surface area contributed by atoms with Gasteiger partial charge in [0.2, 0.25) is 0 Å². The van der Waals surface area contributed by atoms with Gasteiger partial charge in [-0.2, -0.15) is 15.5 Å². The van der Waals surface area contributed by atoms with Gasteiger partial charge in [0.25, 0.3) is 0 Å². The molecule has 4 nitrogen and oxygen atoms in total. The first-order chi connectivity index (χ1) is 9.60. The van der Waals surface area contributed by atoms with E-state index in [1.54, 1.807) is 19.4 Å². The maximum Gasteiger partial charge on any atom is 0.122 e. The fourth-order valence-electron chi connectivity index (χ4n) is 2.47. The lowest BCUT2D eigenvalue weighted by Crippen LogP contribution is -2.08. The Morgan fingerprint density at radius 2 is 2.00 bits per heavy atom. The summed E-state index contributed by atoms with van der Waals surface area (Å²) in [5.41, 5.74) is 4.82. The van der Waals surface area contributed by atoms with Crippen LogP contribution in [0.25, 0.3) is 0 Å². The van der Waals surface area contributed by atoms with Crippen molar-refractivity contribution in [2.75, 3.05) is 7.11 Å². The summed E-state index contributed by atoms with van der Waals surface area (Å²) in [6.07, 6.45) is 1.61. The number of aromatic nitrogens is 2. The van der Waals surface area contributed by atoms with Crippen LogP contribution in [0.1, 0.15) is 33.9 Å². The van der Waals surface area contributed by atoms with Gasteiger partial charge in [-0.15, -0.1) is 0 Å². The average molecular weight is 267 g/mol. The molecule has 102 valence electrons. The quantitative estimate of drug-likeness (QED) is 0.857. The molecule has 20 heavy (non-hydrogen) atoms. The van der Waals surface area contributed by atoms with E-state index in [0.717, 1.165) is 28.0 Å². The molecule has 0 saturated carbocycles. The van der Waals surface area contributed by atoms with Gasteiger partial charge in [-0.05, 0) is 61.2 Å². The van der Waals surface area contributed by atoms with Gasteiger partial charge in [0.05, 0.1) is 18.9 Å². The summed E-state index contributed by atoms with van der Waals surface area (Å²) in [5.74, 6) is 0.438.